The van der Waals surface area contributed by atoms with Crippen molar-refractivity contribution in [1.29, 1.82) is 0 Å². The Morgan fingerprint density at radius 3 is 2.86 bits per heavy atom. The van der Waals surface area contributed by atoms with Crippen LogP contribution in [-0.4, -0.2) is 74.4 Å². The lowest BCUT2D eigenvalue weighted by molar-refractivity contribution is -0.580. The predicted octanol–water partition coefficient (Wildman–Crippen LogP) is -1.88. The molecule has 2 atom stereocenters. The number of nitrogens with zero attached hydrogens (tertiary/aromatic N) is 6. The molecular weight excluding hydrogens is 524 g/mol. The number of β-lactam (4-membered cyclic amide) rings is 1. The third kappa shape index (κ3) is 4.33. The number of amides is 2. The Labute approximate surface area is 217 Å². The maximum absolute atomic E-state index is 13.0. The number of hydrogen-bond acceptors (Lipinski definition) is 12. The Hall–Kier alpha value is -4.18. The van der Waals surface area contributed by atoms with E-state index in [2.05, 4.69) is 20.6 Å². The van der Waals surface area contributed by atoms with E-state index in [1.165, 1.54) is 31.4 Å². The molecule has 192 valence electrons. The number of aliphatic carboxylic acids is 1. The van der Waals surface area contributed by atoms with Gasteiger partial charge in [0.1, 0.15) is 37.0 Å². The van der Waals surface area contributed by atoms with E-state index in [0.717, 1.165) is 16.2 Å². The van der Waals surface area contributed by atoms with Crippen molar-refractivity contribution in [3.05, 3.63) is 46.9 Å². The summed E-state index contributed by atoms with van der Waals surface area (Å²) < 4.78 is 8.54. The van der Waals surface area contributed by atoms with Crippen LogP contribution in [0.25, 0.3) is 5.65 Å². The summed E-state index contributed by atoms with van der Waals surface area (Å²) in [4.78, 5) is 48.0. The fourth-order valence-corrected chi connectivity index (χ4v) is 6.00. The molecule has 5 rings (SSSR count). The molecule has 0 aromatic carbocycles. The van der Waals surface area contributed by atoms with Gasteiger partial charge in [-0.1, -0.05) is 9.67 Å². The highest BCUT2D eigenvalue weighted by atomic mass is 32.2. The Balaban J connectivity index is 1.37. The third-order valence-electron chi connectivity index (χ3n) is 5.76. The molecule has 3 N–H and O–H groups in total. The van der Waals surface area contributed by atoms with E-state index in [9.17, 15) is 19.5 Å². The molecule has 0 unspecified atom stereocenters. The van der Waals surface area contributed by atoms with E-state index in [1.54, 1.807) is 29.0 Å². The van der Waals surface area contributed by atoms with Gasteiger partial charge in [-0.3, -0.25) is 14.5 Å². The van der Waals surface area contributed by atoms with Crippen molar-refractivity contribution < 1.29 is 33.6 Å². The molecule has 0 saturated carbocycles. The average Bonchev–Trinajstić information content (AvgIpc) is 3.50. The first-order chi connectivity index (χ1) is 17.8. The Morgan fingerprint density at radius 2 is 2.19 bits per heavy atom. The zero-order valence-corrected chi connectivity index (χ0v) is 21.1. The molecular formula is C21H20N8O6S2. The number of carbonyl (C=O) groups excluding carboxylic acids is 3. The zero-order valence-electron chi connectivity index (χ0n) is 19.5. The zero-order chi connectivity index (χ0) is 26.3. The molecule has 3 aromatic rings. The van der Waals surface area contributed by atoms with Crippen LogP contribution in [-0.2, 0) is 25.8 Å². The van der Waals surface area contributed by atoms with Crippen molar-refractivity contribution in [2.24, 2.45) is 5.16 Å². The summed E-state index contributed by atoms with van der Waals surface area (Å²) >= 11 is 2.46. The van der Waals surface area contributed by atoms with Crippen LogP contribution in [0.3, 0.4) is 0 Å². The number of nitrogens with two attached hydrogens (primary N) is 1. The number of thiazole rings is 1. The lowest BCUT2D eigenvalue weighted by Crippen LogP contribution is -2.71. The van der Waals surface area contributed by atoms with Crippen molar-refractivity contribution in [3.63, 3.8) is 0 Å². The molecule has 0 radical (unpaired) electrons. The van der Waals surface area contributed by atoms with E-state index in [-0.39, 0.29) is 28.8 Å². The van der Waals surface area contributed by atoms with Crippen LogP contribution in [0.5, 0.6) is 5.88 Å². The fourth-order valence-electron chi connectivity index (χ4n) is 4.11. The maximum Gasteiger partial charge on any atom is 0.307 e. The number of oxime groups is 1. The first-order valence-electron chi connectivity index (χ1n) is 10.8. The number of anilines is 1. The number of imidazole rings is 1. The number of methoxy groups -OCH3 is 1. The monoisotopic (exact) mass is 544 g/mol. The van der Waals surface area contributed by atoms with Crippen LogP contribution < -0.4 is 25.4 Å². The number of nitrogens with one attached hydrogen (secondary N) is 1. The number of rotatable bonds is 8. The molecule has 2 amide bonds. The van der Waals surface area contributed by atoms with Crippen molar-refractivity contribution in [3.8, 4) is 5.88 Å². The molecule has 1 fully saturated rings. The summed E-state index contributed by atoms with van der Waals surface area (Å²) in [5.41, 5.74) is 6.68. The summed E-state index contributed by atoms with van der Waals surface area (Å²) in [5.74, 6) is -2.01. The SMILES string of the molecule is CO/N=C(\C(=O)N[C@@H]1C(=O)N2C(C(=O)[O-])=C(Cn3cc[n+]4nc(OC)ccc34)CS[C@H]12)c1csc(N)n1. The molecule has 2 aliphatic heterocycles. The molecule has 37 heavy (non-hydrogen) atoms. The minimum Gasteiger partial charge on any atom is -0.543 e. The van der Waals surface area contributed by atoms with Crippen molar-refractivity contribution in [2.45, 2.75) is 18.0 Å². The standard InChI is InChI=1S/C21H20N8O6S2/c1-34-12-3-4-13-27(5-6-28(13)25-12)7-10-8-36-19-15(18(31)29(19)16(10)20(32)33)24-17(30)14(26-35-2)11-9-37-21(22)23-11/h3-6,9,15,19H,7-8H2,1-2H3,(H3-,22,23,24,30,32,33)/b26-14-/t15-,19-/m1/s1. The number of aromatic nitrogens is 4. The number of carboxylic acid groups (broad SMARTS) is 1. The first kappa shape index (κ1) is 24.5. The van der Waals surface area contributed by atoms with Crippen molar-refractivity contribution in [2.75, 3.05) is 25.7 Å². The summed E-state index contributed by atoms with van der Waals surface area (Å²) in [6.45, 7) is 0.199. The van der Waals surface area contributed by atoms with Crippen molar-refractivity contribution in [1.82, 2.24) is 24.9 Å². The number of carbonyl (C=O) groups is 3. The molecule has 0 spiro atoms. The largest absolute Gasteiger partial charge is 0.543 e. The van der Waals surface area contributed by atoms with Gasteiger partial charge in [-0.25, -0.2) is 9.55 Å². The lowest BCUT2D eigenvalue weighted by atomic mass is 10.0. The summed E-state index contributed by atoms with van der Waals surface area (Å²) in [6, 6.07) is 2.52. The number of nitrogen functional groups attached to an aromatic ring is 1. The van der Waals surface area contributed by atoms with Crippen molar-refractivity contribution >= 4 is 57.4 Å². The topological polar surface area (TPSA) is 181 Å². The van der Waals surface area contributed by atoms with Gasteiger partial charge in [-0.05, 0) is 5.10 Å². The van der Waals surface area contributed by atoms with Gasteiger partial charge in [-0.2, -0.15) is 0 Å². The highest BCUT2D eigenvalue weighted by Crippen LogP contribution is 2.40. The van der Waals surface area contributed by atoms with E-state index < -0.39 is 29.2 Å². The number of ether oxygens (including phenoxy) is 1. The molecule has 0 bridgehead atoms. The minimum atomic E-state index is -1.47. The van der Waals surface area contributed by atoms with Crippen LogP contribution >= 0.6 is 23.1 Å². The normalized spacial score (nSPS) is 19.5. The highest BCUT2D eigenvalue weighted by molar-refractivity contribution is 8.00. The second kappa shape index (κ2) is 9.70. The molecule has 1 saturated heterocycles. The van der Waals surface area contributed by atoms with E-state index >= 15 is 0 Å². The number of thioether (sulfide) groups is 1. The van der Waals surface area contributed by atoms with Gasteiger partial charge in [-0.15, -0.1) is 23.1 Å². The van der Waals surface area contributed by atoms with E-state index in [4.69, 9.17) is 15.3 Å². The van der Waals surface area contributed by atoms with Crippen LogP contribution in [0.4, 0.5) is 5.13 Å². The predicted molar refractivity (Wildman–Crippen MR) is 129 cm³/mol. The molecule has 16 heteroatoms. The minimum absolute atomic E-state index is 0.152. The smallest absolute Gasteiger partial charge is 0.307 e. The molecule has 0 aliphatic carbocycles. The second-order valence-corrected chi connectivity index (χ2v) is 9.89. The van der Waals surface area contributed by atoms with Gasteiger partial charge in [0.15, 0.2) is 17.0 Å². The first-order valence-corrected chi connectivity index (χ1v) is 12.7. The van der Waals surface area contributed by atoms with E-state index in [1.807, 2.05) is 4.57 Å². The van der Waals surface area contributed by atoms with Crippen LogP contribution in [0, 0.1) is 0 Å². The number of fused-ring (bicyclic) bond motifs is 2. The fraction of sp³-hybridized carbons (Fsp3) is 0.286. The van der Waals surface area contributed by atoms with Gasteiger partial charge in [0, 0.05) is 28.8 Å². The van der Waals surface area contributed by atoms with Gasteiger partial charge in [0.05, 0.1) is 18.8 Å². The quantitative estimate of drug-likeness (QED) is 0.141. The van der Waals surface area contributed by atoms with Gasteiger partial charge < -0.3 is 30.5 Å². The molecule has 14 nitrogen and oxygen atoms in total. The molecule has 5 heterocycles. The maximum atomic E-state index is 13.0. The van der Waals surface area contributed by atoms with Crippen LogP contribution in [0.1, 0.15) is 5.69 Å². The number of carboxylic acids is 1. The average molecular weight is 545 g/mol. The Morgan fingerprint density at radius 1 is 1.38 bits per heavy atom. The number of hydrogen-bond donors (Lipinski definition) is 2. The van der Waals surface area contributed by atoms with Gasteiger partial charge >= 0.3 is 5.65 Å². The van der Waals surface area contributed by atoms with Crippen LogP contribution in [0.15, 0.2) is 46.3 Å². The summed E-state index contributed by atoms with van der Waals surface area (Å²) in [6.07, 6.45) is 3.46. The van der Waals surface area contributed by atoms with Gasteiger partial charge in [0.2, 0.25) is 0 Å². The molecule has 3 aromatic heterocycles. The Bertz CT molecular complexity index is 1480. The lowest BCUT2D eigenvalue weighted by Gasteiger charge is -2.50. The summed E-state index contributed by atoms with van der Waals surface area (Å²) in [5, 5.41) is 23.9. The summed E-state index contributed by atoms with van der Waals surface area (Å²) in [7, 11) is 2.78. The van der Waals surface area contributed by atoms with Gasteiger partial charge in [0.25, 0.3) is 17.7 Å². The molecule has 2 aliphatic rings. The van der Waals surface area contributed by atoms with E-state index in [0.29, 0.717) is 22.9 Å². The Kier molecular flexibility index (Phi) is 6.43. The highest BCUT2D eigenvalue weighted by Gasteiger charge is 2.53. The van der Waals surface area contributed by atoms with Crippen LogP contribution in [0.2, 0.25) is 0 Å². The second-order valence-electron chi connectivity index (χ2n) is 7.90. The third-order valence-corrected chi connectivity index (χ3v) is 7.77.